The summed E-state index contributed by atoms with van der Waals surface area (Å²) in [4.78, 5) is 27.0. The van der Waals surface area contributed by atoms with Crippen molar-refractivity contribution >= 4 is 12.0 Å². The van der Waals surface area contributed by atoms with Gasteiger partial charge in [0.1, 0.15) is 0 Å². The summed E-state index contributed by atoms with van der Waals surface area (Å²) in [6, 6.07) is 4.44. The summed E-state index contributed by atoms with van der Waals surface area (Å²) in [6.07, 6.45) is -4.46. The molecule has 3 atom stereocenters. The van der Waals surface area contributed by atoms with E-state index in [9.17, 15) is 33.0 Å². The molecular weight excluding hydrogens is 365 g/mol. The Kier molecular flexibility index (Phi) is 5.32. The normalized spacial score (nSPS) is 26.3. The van der Waals surface area contributed by atoms with Crippen molar-refractivity contribution in [2.24, 2.45) is 5.92 Å². The number of piperidine rings is 1. The first-order valence-electron chi connectivity index (χ1n) is 8.77. The van der Waals surface area contributed by atoms with Crippen LogP contribution in [0, 0.1) is 5.92 Å². The van der Waals surface area contributed by atoms with E-state index in [-0.39, 0.29) is 32.1 Å². The first-order valence-corrected chi connectivity index (χ1v) is 8.77. The van der Waals surface area contributed by atoms with Crippen molar-refractivity contribution in [3.05, 3.63) is 35.4 Å². The van der Waals surface area contributed by atoms with Gasteiger partial charge >= 0.3 is 18.2 Å². The molecule has 0 aromatic heterocycles. The molecular formula is C18H21F3N2O4. The van der Waals surface area contributed by atoms with Crippen LogP contribution in [0.4, 0.5) is 18.0 Å². The van der Waals surface area contributed by atoms with Gasteiger partial charge in [-0.15, -0.1) is 0 Å². The number of carbonyl (C=O) groups excluding carboxylic acids is 1. The van der Waals surface area contributed by atoms with E-state index < -0.39 is 35.6 Å². The third-order valence-corrected chi connectivity index (χ3v) is 5.19. The van der Waals surface area contributed by atoms with Crippen molar-refractivity contribution in [2.75, 3.05) is 26.2 Å². The van der Waals surface area contributed by atoms with E-state index >= 15 is 0 Å². The Bertz CT molecular complexity index is 725. The predicted octanol–water partition coefficient (Wildman–Crippen LogP) is 2.38. The summed E-state index contributed by atoms with van der Waals surface area (Å²) in [5.41, 5.74) is -0.423. The van der Waals surface area contributed by atoms with Gasteiger partial charge in [-0.1, -0.05) is 18.2 Å². The molecule has 9 heteroatoms. The highest BCUT2D eigenvalue weighted by Crippen LogP contribution is 2.35. The maximum Gasteiger partial charge on any atom is 0.416 e. The zero-order valence-electron chi connectivity index (χ0n) is 14.5. The zero-order chi connectivity index (χ0) is 19.8. The molecule has 0 bridgehead atoms. The van der Waals surface area contributed by atoms with Crippen LogP contribution in [0.3, 0.4) is 0 Å². The number of hydrogen-bond donors (Lipinski definition) is 2. The zero-order valence-corrected chi connectivity index (χ0v) is 14.5. The van der Waals surface area contributed by atoms with Gasteiger partial charge in [0.2, 0.25) is 0 Å². The number of nitrogens with zero attached hydrogens (tertiary/aromatic N) is 2. The summed E-state index contributed by atoms with van der Waals surface area (Å²) < 4.78 is 39.0. The van der Waals surface area contributed by atoms with Crippen LogP contribution in [-0.4, -0.2) is 64.3 Å². The van der Waals surface area contributed by atoms with Crippen molar-refractivity contribution in [2.45, 2.75) is 31.0 Å². The topological polar surface area (TPSA) is 81.1 Å². The summed E-state index contributed by atoms with van der Waals surface area (Å²) in [6.45, 7) is 0.719. The highest BCUT2D eigenvalue weighted by molar-refractivity contribution is 5.77. The number of urea groups is 1. The number of benzene rings is 1. The second-order valence-electron chi connectivity index (χ2n) is 7.17. The Balaban J connectivity index is 1.83. The van der Waals surface area contributed by atoms with Gasteiger partial charge in [0.15, 0.2) is 0 Å². The number of aliphatic hydroxyl groups excluding tert-OH is 1. The minimum absolute atomic E-state index is 0.0101. The van der Waals surface area contributed by atoms with Gasteiger partial charge in [0, 0.05) is 32.1 Å². The fraction of sp³-hybridized carbons (Fsp3) is 0.556. The standard InChI is InChI=1S/C18H21F3N2O4/c19-18(20,21)14-3-1-2-11(7-14)12-6-13(16(25)26)9-23(8-12)17(27)22-5-4-15(24)10-22/h1-3,7,12-13,15,24H,4-6,8-10H2,(H,25,26)/t12?,13?,15-/m0/s1. The number of alkyl halides is 3. The maximum atomic E-state index is 13.0. The molecule has 3 rings (SSSR count). The van der Waals surface area contributed by atoms with Crippen LogP contribution < -0.4 is 0 Å². The highest BCUT2D eigenvalue weighted by Gasteiger charge is 2.38. The van der Waals surface area contributed by atoms with Gasteiger partial charge < -0.3 is 20.0 Å². The van der Waals surface area contributed by atoms with Gasteiger partial charge in [-0.3, -0.25) is 4.79 Å². The smallest absolute Gasteiger partial charge is 0.416 e. The molecule has 148 valence electrons. The average Bonchev–Trinajstić information content (AvgIpc) is 3.06. The molecule has 2 heterocycles. The van der Waals surface area contributed by atoms with E-state index in [2.05, 4.69) is 0 Å². The van der Waals surface area contributed by atoms with Crippen molar-refractivity contribution in [3.8, 4) is 0 Å². The highest BCUT2D eigenvalue weighted by atomic mass is 19.4. The largest absolute Gasteiger partial charge is 0.481 e. The van der Waals surface area contributed by atoms with E-state index in [4.69, 9.17) is 0 Å². The quantitative estimate of drug-likeness (QED) is 0.818. The number of carboxylic acid groups (broad SMARTS) is 1. The van der Waals surface area contributed by atoms with Crippen LogP contribution in [0.1, 0.15) is 29.9 Å². The minimum Gasteiger partial charge on any atom is -0.481 e. The number of likely N-dealkylation sites (tertiary alicyclic amines) is 2. The molecule has 27 heavy (non-hydrogen) atoms. The number of aliphatic carboxylic acids is 1. The maximum absolute atomic E-state index is 13.0. The van der Waals surface area contributed by atoms with Gasteiger partial charge in [-0.25, -0.2) is 4.79 Å². The van der Waals surface area contributed by atoms with Crippen LogP contribution in [0.15, 0.2) is 24.3 Å². The second-order valence-corrected chi connectivity index (χ2v) is 7.17. The molecule has 2 aliphatic heterocycles. The molecule has 0 saturated carbocycles. The van der Waals surface area contributed by atoms with Crippen molar-refractivity contribution < 1.29 is 33.0 Å². The van der Waals surface area contributed by atoms with E-state index in [0.29, 0.717) is 18.5 Å². The molecule has 2 amide bonds. The summed E-state index contributed by atoms with van der Waals surface area (Å²) in [7, 11) is 0. The van der Waals surface area contributed by atoms with Gasteiger partial charge in [-0.05, 0) is 24.5 Å². The molecule has 0 radical (unpaired) electrons. The summed E-state index contributed by atoms with van der Waals surface area (Å²) in [5, 5.41) is 19.0. The van der Waals surface area contributed by atoms with Crippen molar-refractivity contribution in [3.63, 3.8) is 0 Å². The van der Waals surface area contributed by atoms with Gasteiger partial charge in [-0.2, -0.15) is 13.2 Å². The minimum atomic E-state index is -4.49. The molecule has 6 nitrogen and oxygen atoms in total. The molecule has 2 unspecified atom stereocenters. The molecule has 2 fully saturated rings. The predicted molar refractivity (Wildman–Crippen MR) is 89.1 cm³/mol. The second kappa shape index (κ2) is 7.38. The molecule has 1 aromatic carbocycles. The Labute approximate surface area is 154 Å². The molecule has 2 N–H and O–H groups in total. The molecule has 2 aliphatic rings. The summed E-state index contributed by atoms with van der Waals surface area (Å²) in [5.74, 6) is -2.43. The number of carbonyl (C=O) groups is 2. The first kappa shape index (κ1) is 19.5. The fourth-order valence-corrected chi connectivity index (χ4v) is 3.76. The lowest BCUT2D eigenvalue weighted by atomic mass is 9.84. The van der Waals surface area contributed by atoms with E-state index in [1.54, 1.807) is 0 Å². The lowest BCUT2D eigenvalue weighted by molar-refractivity contribution is -0.143. The monoisotopic (exact) mass is 386 g/mol. The Morgan fingerprint density at radius 1 is 1.11 bits per heavy atom. The van der Waals surface area contributed by atoms with E-state index in [1.165, 1.54) is 21.9 Å². The Hall–Kier alpha value is -2.29. The number of hydrogen-bond acceptors (Lipinski definition) is 3. The van der Waals surface area contributed by atoms with Crippen molar-refractivity contribution in [1.82, 2.24) is 9.80 Å². The lowest BCUT2D eigenvalue weighted by Crippen LogP contribution is -2.50. The number of amides is 2. The first-order chi connectivity index (χ1) is 12.6. The number of carboxylic acids is 1. The SMILES string of the molecule is O=C(O)C1CC(c2cccc(C(F)(F)F)c2)CN(C(=O)N2CC[C@H](O)C2)C1. The third-order valence-electron chi connectivity index (χ3n) is 5.19. The van der Waals surface area contributed by atoms with Crippen molar-refractivity contribution in [1.29, 1.82) is 0 Å². The van der Waals surface area contributed by atoms with Crippen LogP contribution in [-0.2, 0) is 11.0 Å². The Morgan fingerprint density at radius 2 is 1.85 bits per heavy atom. The molecule has 0 aliphatic carbocycles. The number of halogens is 3. The number of β-amino-alcohol motifs (C(OH)–C–C–N with tert-alkyl or cyclic N) is 1. The summed E-state index contributed by atoms with van der Waals surface area (Å²) >= 11 is 0. The number of aliphatic hydroxyl groups is 1. The van der Waals surface area contributed by atoms with Crippen LogP contribution >= 0.6 is 0 Å². The number of rotatable bonds is 2. The van der Waals surface area contributed by atoms with Gasteiger partial charge in [0.25, 0.3) is 0 Å². The third kappa shape index (κ3) is 4.35. The Morgan fingerprint density at radius 3 is 2.44 bits per heavy atom. The van der Waals surface area contributed by atoms with Crippen LogP contribution in [0.25, 0.3) is 0 Å². The molecule has 0 spiro atoms. The van der Waals surface area contributed by atoms with E-state index in [0.717, 1.165) is 12.1 Å². The van der Waals surface area contributed by atoms with Crippen LogP contribution in [0.5, 0.6) is 0 Å². The van der Waals surface area contributed by atoms with E-state index in [1.807, 2.05) is 0 Å². The average molecular weight is 386 g/mol. The lowest BCUT2D eigenvalue weighted by Gasteiger charge is -2.38. The fourth-order valence-electron chi connectivity index (χ4n) is 3.76. The molecule has 2 saturated heterocycles. The van der Waals surface area contributed by atoms with Gasteiger partial charge in [0.05, 0.1) is 17.6 Å². The van der Waals surface area contributed by atoms with Crippen LogP contribution in [0.2, 0.25) is 0 Å². The molecule has 1 aromatic rings.